The summed E-state index contributed by atoms with van der Waals surface area (Å²) in [5.41, 5.74) is 3.90. The van der Waals surface area contributed by atoms with Gasteiger partial charge in [-0.3, -0.25) is 9.88 Å². The molecule has 0 N–H and O–H groups in total. The van der Waals surface area contributed by atoms with Crippen molar-refractivity contribution in [2.45, 2.75) is 32.4 Å². The summed E-state index contributed by atoms with van der Waals surface area (Å²) in [6, 6.07) is 6.57. The minimum atomic E-state index is -0.514. The minimum Gasteiger partial charge on any atom is -0.341 e. The molecule has 0 amide bonds. The van der Waals surface area contributed by atoms with Gasteiger partial charge in [-0.25, -0.2) is 8.78 Å². The van der Waals surface area contributed by atoms with Gasteiger partial charge in [0.25, 0.3) is 0 Å². The number of aryl methyl sites for hydroxylation is 2. The number of likely N-dealkylation sites (N-methyl/N-ethyl adjacent to an activating group) is 1. The third-order valence-electron chi connectivity index (χ3n) is 5.38. The summed E-state index contributed by atoms with van der Waals surface area (Å²) in [4.78, 5) is 6.27. The van der Waals surface area contributed by atoms with Crippen LogP contribution in [0.5, 0.6) is 0 Å². The first-order chi connectivity index (χ1) is 12.1. The van der Waals surface area contributed by atoms with Gasteiger partial charge in [0.05, 0.1) is 5.52 Å². The Morgan fingerprint density at radius 2 is 1.96 bits per heavy atom. The number of hydrogen-bond acceptors (Lipinski definition) is 2. The van der Waals surface area contributed by atoms with Crippen LogP contribution in [0.3, 0.4) is 0 Å². The second kappa shape index (κ2) is 6.23. The summed E-state index contributed by atoms with van der Waals surface area (Å²) in [7, 11) is 2.06. The lowest BCUT2D eigenvalue weighted by atomic mass is 9.97. The van der Waals surface area contributed by atoms with Crippen LogP contribution in [-0.2, 0) is 19.4 Å². The van der Waals surface area contributed by atoms with Crippen molar-refractivity contribution in [3.8, 4) is 0 Å². The molecule has 1 aromatic carbocycles. The number of benzene rings is 1. The fourth-order valence-corrected chi connectivity index (χ4v) is 3.95. The molecular weight excluding hydrogens is 320 g/mol. The normalized spacial score (nSPS) is 17.8. The zero-order chi connectivity index (χ0) is 17.6. The van der Waals surface area contributed by atoms with Crippen molar-refractivity contribution in [3.05, 3.63) is 65.1 Å². The number of halogens is 2. The SMILES string of the molecule is CC1c2c(n(CCc3ccncc3)c3c(F)cc(F)cc23)CCN1C. The van der Waals surface area contributed by atoms with Crippen LogP contribution in [0.2, 0.25) is 0 Å². The summed E-state index contributed by atoms with van der Waals surface area (Å²) in [6.07, 6.45) is 5.18. The van der Waals surface area contributed by atoms with Crippen molar-refractivity contribution in [2.24, 2.45) is 0 Å². The third kappa shape index (κ3) is 2.72. The van der Waals surface area contributed by atoms with Crippen LogP contribution in [0, 0.1) is 11.6 Å². The average Bonchev–Trinajstić information content (AvgIpc) is 2.91. The molecule has 1 aliphatic rings. The lowest BCUT2D eigenvalue weighted by Crippen LogP contribution is -2.31. The molecular formula is C20H21F2N3. The summed E-state index contributed by atoms with van der Waals surface area (Å²) < 4.78 is 30.6. The number of pyridine rings is 1. The second-order valence-corrected chi connectivity index (χ2v) is 6.81. The Morgan fingerprint density at radius 1 is 1.20 bits per heavy atom. The Bertz CT molecular complexity index is 918. The van der Waals surface area contributed by atoms with Crippen LogP contribution in [0.1, 0.15) is 29.8 Å². The van der Waals surface area contributed by atoms with Crippen molar-refractivity contribution in [1.82, 2.24) is 14.5 Å². The predicted molar refractivity (Wildman–Crippen MR) is 94.5 cm³/mol. The van der Waals surface area contributed by atoms with Crippen molar-refractivity contribution in [3.63, 3.8) is 0 Å². The van der Waals surface area contributed by atoms with Gasteiger partial charge in [-0.1, -0.05) is 0 Å². The van der Waals surface area contributed by atoms with Gasteiger partial charge in [0.15, 0.2) is 0 Å². The zero-order valence-electron chi connectivity index (χ0n) is 14.5. The highest BCUT2D eigenvalue weighted by molar-refractivity contribution is 5.87. The van der Waals surface area contributed by atoms with E-state index in [2.05, 4.69) is 28.4 Å². The molecule has 0 fully saturated rings. The molecule has 5 heteroatoms. The predicted octanol–water partition coefficient (Wildman–Crippen LogP) is 4.11. The summed E-state index contributed by atoms with van der Waals surface area (Å²) in [5, 5.41) is 0.710. The molecule has 0 saturated carbocycles. The minimum absolute atomic E-state index is 0.148. The lowest BCUT2D eigenvalue weighted by molar-refractivity contribution is 0.245. The van der Waals surface area contributed by atoms with Crippen LogP contribution in [0.4, 0.5) is 8.78 Å². The van der Waals surface area contributed by atoms with E-state index in [-0.39, 0.29) is 6.04 Å². The van der Waals surface area contributed by atoms with E-state index in [0.29, 0.717) is 17.4 Å². The molecule has 0 radical (unpaired) electrons. The van der Waals surface area contributed by atoms with Gasteiger partial charge >= 0.3 is 0 Å². The van der Waals surface area contributed by atoms with Crippen molar-refractivity contribution in [1.29, 1.82) is 0 Å². The molecule has 3 nitrogen and oxygen atoms in total. The zero-order valence-corrected chi connectivity index (χ0v) is 14.5. The van der Waals surface area contributed by atoms with Crippen LogP contribution in [0.15, 0.2) is 36.7 Å². The quantitative estimate of drug-likeness (QED) is 0.715. The Labute approximate surface area is 145 Å². The molecule has 0 aliphatic carbocycles. The number of hydrogen-bond donors (Lipinski definition) is 0. The third-order valence-corrected chi connectivity index (χ3v) is 5.38. The molecule has 1 aliphatic heterocycles. The molecule has 3 heterocycles. The van der Waals surface area contributed by atoms with Gasteiger partial charge in [0.1, 0.15) is 11.6 Å². The number of nitrogens with zero attached hydrogens (tertiary/aromatic N) is 3. The van der Waals surface area contributed by atoms with Gasteiger partial charge in [0.2, 0.25) is 0 Å². The molecule has 0 bridgehead atoms. The maximum absolute atomic E-state index is 14.7. The van der Waals surface area contributed by atoms with Gasteiger partial charge in [-0.05, 0) is 49.7 Å². The molecule has 0 saturated heterocycles. The fourth-order valence-electron chi connectivity index (χ4n) is 3.95. The van der Waals surface area contributed by atoms with Crippen LogP contribution in [0.25, 0.3) is 10.9 Å². The van der Waals surface area contributed by atoms with E-state index in [0.717, 1.165) is 42.3 Å². The Balaban J connectivity index is 1.85. The average molecular weight is 341 g/mol. The van der Waals surface area contributed by atoms with E-state index >= 15 is 0 Å². The lowest BCUT2D eigenvalue weighted by Gasteiger charge is -2.31. The van der Waals surface area contributed by atoms with Gasteiger partial charge < -0.3 is 4.57 Å². The number of aromatic nitrogens is 2. The van der Waals surface area contributed by atoms with E-state index in [9.17, 15) is 8.78 Å². The highest BCUT2D eigenvalue weighted by Crippen LogP contribution is 2.38. The summed E-state index contributed by atoms with van der Waals surface area (Å²) >= 11 is 0. The fraction of sp³-hybridized carbons (Fsp3) is 0.350. The second-order valence-electron chi connectivity index (χ2n) is 6.81. The van der Waals surface area contributed by atoms with Crippen LogP contribution >= 0.6 is 0 Å². The number of rotatable bonds is 3. The molecule has 130 valence electrons. The van der Waals surface area contributed by atoms with E-state index in [1.807, 2.05) is 12.1 Å². The van der Waals surface area contributed by atoms with Gasteiger partial charge in [0, 0.05) is 55.1 Å². The monoisotopic (exact) mass is 341 g/mol. The highest BCUT2D eigenvalue weighted by Gasteiger charge is 2.29. The Kier molecular flexibility index (Phi) is 4.04. The Hall–Kier alpha value is -2.27. The maximum atomic E-state index is 14.7. The molecule has 2 aromatic heterocycles. The largest absolute Gasteiger partial charge is 0.341 e. The van der Waals surface area contributed by atoms with E-state index in [4.69, 9.17) is 0 Å². The van der Waals surface area contributed by atoms with E-state index in [1.54, 1.807) is 12.4 Å². The highest BCUT2D eigenvalue weighted by atomic mass is 19.1. The smallest absolute Gasteiger partial charge is 0.150 e. The summed E-state index contributed by atoms with van der Waals surface area (Å²) in [5.74, 6) is -0.992. The first-order valence-electron chi connectivity index (χ1n) is 8.65. The van der Waals surface area contributed by atoms with Gasteiger partial charge in [-0.2, -0.15) is 0 Å². The van der Waals surface area contributed by atoms with E-state index in [1.165, 1.54) is 6.07 Å². The van der Waals surface area contributed by atoms with Crippen molar-refractivity contribution < 1.29 is 8.78 Å². The van der Waals surface area contributed by atoms with E-state index < -0.39 is 11.6 Å². The molecule has 1 unspecified atom stereocenters. The van der Waals surface area contributed by atoms with Crippen LogP contribution < -0.4 is 0 Å². The van der Waals surface area contributed by atoms with Gasteiger partial charge in [-0.15, -0.1) is 0 Å². The molecule has 1 atom stereocenters. The first-order valence-corrected chi connectivity index (χ1v) is 8.65. The van der Waals surface area contributed by atoms with Crippen LogP contribution in [-0.4, -0.2) is 28.0 Å². The standard InChI is InChI=1S/C20H21F2N3/c1-13-19-16-11-15(21)12-17(22)20(16)25(18(19)6-9-24(13)2)10-5-14-3-7-23-8-4-14/h3-4,7-8,11-13H,5-6,9-10H2,1-2H3. The van der Waals surface area contributed by atoms with Crippen molar-refractivity contribution >= 4 is 10.9 Å². The Morgan fingerprint density at radius 3 is 2.72 bits per heavy atom. The molecule has 4 rings (SSSR count). The summed E-state index contributed by atoms with van der Waals surface area (Å²) in [6.45, 7) is 3.70. The molecule has 25 heavy (non-hydrogen) atoms. The topological polar surface area (TPSA) is 21.1 Å². The number of fused-ring (bicyclic) bond motifs is 3. The molecule has 3 aromatic rings. The molecule has 0 spiro atoms. The maximum Gasteiger partial charge on any atom is 0.150 e. The first kappa shape index (κ1) is 16.2. The van der Waals surface area contributed by atoms with Crippen molar-refractivity contribution in [2.75, 3.05) is 13.6 Å².